The molecule has 1 saturated heterocycles. The van der Waals surface area contributed by atoms with Gasteiger partial charge in [-0.3, -0.25) is 9.59 Å². The van der Waals surface area contributed by atoms with Gasteiger partial charge in [0.05, 0.1) is 11.8 Å². The molecule has 2 fully saturated rings. The first kappa shape index (κ1) is 13.7. The Kier molecular flexibility index (Phi) is 2.67. The second-order valence-electron chi connectivity index (χ2n) is 6.93. The third kappa shape index (κ3) is 1.62. The summed E-state index contributed by atoms with van der Waals surface area (Å²) in [6, 6.07) is 20.2. The fraction of sp³-hybridized carbons (Fsp3) is 0.238. The summed E-state index contributed by atoms with van der Waals surface area (Å²) < 4.78 is 5.03. The van der Waals surface area contributed by atoms with Crippen molar-refractivity contribution >= 4 is 17.5 Å². The zero-order valence-corrected chi connectivity index (χ0v) is 13.0. The van der Waals surface area contributed by atoms with E-state index in [2.05, 4.69) is 30.3 Å². The van der Waals surface area contributed by atoms with Crippen molar-refractivity contribution in [1.29, 1.82) is 0 Å². The lowest BCUT2D eigenvalue weighted by Gasteiger charge is -2.31. The number of rotatable bonds is 2. The van der Waals surface area contributed by atoms with Crippen molar-refractivity contribution in [3.8, 4) is 0 Å². The molecule has 3 aliphatic rings. The van der Waals surface area contributed by atoms with Crippen LogP contribution in [0.3, 0.4) is 0 Å². The number of ether oxygens (including phenoxy) is 1. The smallest absolute Gasteiger partial charge is 0.318 e. The first-order valence-electron chi connectivity index (χ1n) is 8.30. The molecule has 1 heterocycles. The predicted octanol–water partition coefficient (Wildman–Crippen LogP) is 3.36. The summed E-state index contributed by atoms with van der Waals surface area (Å²) in [5.74, 6) is -1.40. The van der Waals surface area contributed by atoms with Crippen molar-refractivity contribution in [2.45, 2.75) is 11.8 Å². The summed E-state index contributed by atoms with van der Waals surface area (Å²) in [7, 11) is 0. The first-order valence-corrected chi connectivity index (χ1v) is 8.30. The molecule has 3 heteroatoms. The Hall–Kier alpha value is -2.68. The van der Waals surface area contributed by atoms with Crippen LogP contribution < -0.4 is 0 Å². The number of hydrogen-bond acceptors (Lipinski definition) is 3. The van der Waals surface area contributed by atoms with E-state index in [1.54, 1.807) is 0 Å². The van der Waals surface area contributed by atoms with Gasteiger partial charge < -0.3 is 4.74 Å². The molecule has 118 valence electrons. The molecule has 2 bridgehead atoms. The minimum absolute atomic E-state index is 0.0524. The van der Waals surface area contributed by atoms with Gasteiger partial charge in [-0.25, -0.2) is 0 Å². The van der Waals surface area contributed by atoms with E-state index >= 15 is 0 Å². The number of fused-ring (bicyclic) bond motifs is 5. The van der Waals surface area contributed by atoms with Gasteiger partial charge in [-0.05, 0) is 29.0 Å². The highest BCUT2D eigenvalue weighted by Gasteiger charge is 2.67. The third-order valence-electron chi connectivity index (χ3n) is 5.86. The Morgan fingerprint density at radius 1 is 0.875 bits per heavy atom. The molecule has 0 aromatic heterocycles. The fourth-order valence-corrected chi connectivity index (χ4v) is 4.95. The molecule has 2 aromatic rings. The maximum Gasteiger partial charge on any atom is 0.318 e. The first-order chi connectivity index (χ1) is 11.7. The molecule has 0 amide bonds. The zero-order valence-electron chi connectivity index (χ0n) is 13.0. The summed E-state index contributed by atoms with van der Waals surface area (Å²) >= 11 is 0. The van der Waals surface area contributed by atoms with Crippen LogP contribution in [0.15, 0.2) is 66.7 Å². The number of carbonyl (C=O) groups excluding carboxylic acids is 2. The van der Waals surface area contributed by atoms with E-state index in [0.717, 1.165) is 17.5 Å². The summed E-state index contributed by atoms with van der Waals surface area (Å²) in [6.07, 6.45) is 3.03. The van der Waals surface area contributed by atoms with E-state index in [-0.39, 0.29) is 29.7 Å². The lowest BCUT2D eigenvalue weighted by atomic mass is 9.69. The van der Waals surface area contributed by atoms with Crippen LogP contribution in [0.1, 0.15) is 17.5 Å². The van der Waals surface area contributed by atoms with Crippen molar-refractivity contribution < 1.29 is 14.3 Å². The van der Waals surface area contributed by atoms with Crippen molar-refractivity contribution in [3.63, 3.8) is 0 Å². The van der Waals surface area contributed by atoms with Gasteiger partial charge in [-0.2, -0.15) is 0 Å². The Morgan fingerprint density at radius 3 is 2.25 bits per heavy atom. The number of hydrogen-bond donors (Lipinski definition) is 0. The van der Waals surface area contributed by atoms with Gasteiger partial charge in [0.2, 0.25) is 0 Å². The van der Waals surface area contributed by atoms with E-state index in [0.29, 0.717) is 0 Å². The average Bonchev–Trinajstić information content (AvgIpc) is 3.27. The number of allylic oxidation sites excluding steroid dienone is 2. The monoisotopic (exact) mass is 316 g/mol. The Balaban J connectivity index is 1.73. The molecule has 0 unspecified atom stereocenters. The number of cyclic esters (lactones) is 2. The number of esters is 2. The van der Waals surface area contributed by atoms with E-state index in [1.807, 2.05) is 36.4 Å². The largest absolute Gasteiger partial charge is 0.393 e. The summed E-state index contributed by atoms with van der Waals surface area (Å²) in [5.41, 5.74) is 2.98. The predicted molar refractivity (Wildman–Crippen MR) is 88.7 cm³/mol. The molecule has 0 spiro atoms. The summed E-state index contributed by atoms with van der Waals surface area (Å²) in [5, 5.41) is 0. The molecule has 1 saturated carbocycles. The van der Waals surface area contributed by atoms with Crippen molar-refractivity contribution in [1.82, 2.24) is 0 Å². The highest BCUT2D eigenvalue weighted by atomic mass is 16.6. The minimum atomic E-state index is -0.426. The maximum absolute atomic E-state index is 12.4. The summed E-state index contributed by atoms with van der Waals surface area (Å²) in [6.45, 7) is 0. The highest BCUT2D eigenvalue weighted by molar-refractivity contribution is 6.01. The molecule has 0 N–H and O–H groups in total. The van der Waals surface area contributed by atoms with Gasteiger partial charge in [0, 0.05) is 5.41 Å². The van der Waals surface area contributed by atoms with E-state index in [1.165, 1.54) is 5.57 Å². The molecular weight excluding hydrogens is 300 g/mol. The topological polar surface area (TPSA) is 43.4 Å². The van der Waals surface area contributed by atoms with Gasteiger partial charge in [0.15, 0.2) is 0 Å². The van der Waals surface area contributed by atoms with Gasteiger partial charge in [-0.1, -0.05) is 66.7 Å². The van der Waals surface area contributed by atoms with Gasteiger partial charge >= 0.3 is 11.9 Å². The normalized spacial score (nSPS) is 33.3. The minimum Gasteiger partial charge on any atom is -0.393 e. The van der Waals surface area contributed by atoms with E-state index in [9.17, 15) is 9.59 Å². The van der Waals surface area contributed by atoms with Crippen LogP contribution in [0.25, 0.3) is 5.57 Å². The van der Waals surface area contributed by atoms with E-state index in [4.69, 9.17) is 4.74 Å². The maximum atomic E-state index is 12.4. The average molecular weight is 316 g/mol. The molecule has 2 aromatic carbocycles. The standard InChI is InChI=1S/C21H16O3/c22-19-17-16-12-21(18(17)20(23)24-19,14-9-5-2-6-10-14)11-15(16)13-7-3-1-4-8-13/h1-11,16-18H,12H2/t16-,17-,18+,21-/m1/s1. The Morgan fingerprint density at radius 2 is 1.54 bits per heavy atom. The van der Waals surface area contributed by atoms with Crippen LogP contribution in [0.5, 0.6) is 0 Å². The van der Waals surface area contributed by atoms with Crippen LogP contribution in [0.4, 0.5) is 0 Å². The molecule has 24 heavy (non-hydrogen) atoms. The van der Waals surface area contributed by atoms with Crippen molar-refractivity contribution in [2.24, 2.45) is 17.8 Å². The van der Waals surface area contributed by atoms with Gasteiger partial charge in [0.1, 0.15) is 0 Å². The molecule has 5 rings (SSSR count). The second kappa shape index (κ2) is 4.67. The summed E-state index contributed by atoms with van der Waals surface area (Å²) in [4.78, 5) is 24.7. The second-order valence-corrected chi connectivity index (χ2v) is 6.93. The number of carbonyl (C=O) groups is 2. The van der Waals surface area contributed by atoms with Crippen LogP contribution in [-0.2, 0) is 19.7 Å². The fourth-order valence-electron chi connectivity index (χ4n) is 4.95. The molecule has 4 atom stereocenters. The van der Waals surface area contributed by atoms with Gasteiger partial charge in [-0.15, -0.1) is 0 Å². The lowest BCUT2D eigenvalue weighted by Crippen LogP contribution is -2.35. The third-order valence-corrected chi connectivity index (χ3v) is 5.86. The Bertz CT molecular complexity index is 868. The highest BCUT2D eigenvalue weighted by Crippen LogP contribution is 2.64. The lowest BCUT2D eigenvalue weighted by molar-refractivity contribution is -0.154. The quantitative estimate of drug-likeness (QED) is 0.630. The molecular formula is C21H16O3. The van der Waals surface area contributed by atoms with Crippen LogP contribution in [0, 0.1) is 17.8 Å². The van der Waals surface area contributed by atoms with Crippen LogP contribution in [-0.4, -0.2) is 11.9 Å². The zero-order chi connectivity index (χ0) is 16.3. The molecule has 3 nitrogen and oxygen atoms in total. The van der Waals surface area contributed by atoms with Crippen LogP contribution >= 0.6 is 0 Å². The number of benzene rings is 2. The molecule has 0 radical (unpaired) electrons. The van der Waals surface area contributed by atoms with Crippen LogP contribution in [0.2, 0.25) is 0 Å². The van der Waals surface area contributed by atoms with Crippen molar-refractivity contribution in [2.75, 3.05) is 0 Å². The van der Waals surface area contributed by atoms with Crippen molar-refractivity contribution in [3.05, 3.63) is 77.9 Å². The van der Waals surface area contributed by atoms with Gasteiger partial charge in [0.25, 0.3) is 0 Å². The molecule has 1 aliphatic heterocycles. The molecule has 2 aliphatic carbocycles. The van der Waals surface area contributed by atoms with E-state index < -0.39 is 5.41 Å². The SMILES string of the molecule is O=C1OC(=O)[C@@H]2[C@H]1[C@@H]1C[C@@]2(c2ccccc2)C=C1c1ccccc1. The Labute approximate surface area is 140 Å².